The van der Waals surface area contributed by atoms with Gasteiger partial charge in [0.15, 0.2) is 6.10 Å². The van der Waals surface area contributed by atoms with Crippen LogP contribution in [-0.2, 0) is 12.7 Å². The van der Waals surface area contributed by atoms with E-state index in [4.69, 9.17) is 0 Å². The van der Waals surface area contributed by atoms with E-state index in [0.29, 0.717) is 12.1 Å². The monoisotopic (exact) mass is 447 g/mol. The van der Waals surface area contributed by atoms with E-state index in [1.807, 2.05) is 0 Å². The Kier molecular flexibility index (Phi) is 6.80. The summed E-state index contributed by atoms with van der Waals surface area (Å²) < 4.78 is 118. The normalized spacial score (nSPS) is 13.8. The molecule has 0 bridgehead atoms. The van der Waals surface area contributed by atoms with Crippen molar-refractivity contribution in [1.29, 1.82) is 0 Å². The van der Waals surface area contributed by atoms with Crippen LogP contribution < -0.4 is 9.64 Å². The van der Waals surface area contributed by atoms with E-state index in [-0.39, 0.29) is 11.3 Å². The third kappa shape index (κ3) is 7.01. The molecule has 2 rings (SSSR count). The molecule has 2 aromatic rings. The van der Waals surface area contributed by atoms with Gasteiger partial charge >= 0.3 is 18.7 Å². The van der Waals surface area contributed by atoms with Gasteiger partial charge in [-0.1, -0.05) is 18.2 Å². The minimum absolute atomic E-state index is 0.0172. The molecule has 1 N–H and O–H groups in total. The third-order valence-electron chi connectivity index (χ3n) is 3.82. The predicted octanol–water partition coefficient (Wildman–Crippen LogP) is 5.53. The Hall–Kier alpha value is -2.63. The lowest BCUT2D eigenvalue weighted by molar-refractivity contribution is -0.274. The van der Waals surface area contributed by atoms with Crippen LogP contribution in [0.3, 0.4) is 0 Å². The summed E-state index contributed by atoms with van der Waals surface area (Å²) in [7, 11) is 0. The number of rotatable bonds is 6. The van der Waals surface area contributed by atoms with Gasteiger partial charge in [-0.05, 0) is 35.9 Å². The Bertz CT molecular complexity index is 847. The van der Waals surface area contributed by atoms with Crippen molar-refractivity contribution in [3.05, 3.63) is 59.7 Å². The summed E-state index contributed by atoms with van der Waals surface area (Å²) in [4.78, 5) is 0.778. The molecule has 0 aliphatic rings. The Balaban J connectivity index is 2.37. The van der Waals surface area contributed by atoms with E-state index >= 15 is 0 Å². The number of aliphatic hydroxyl groups excluding tert-OH is 1. The molecule has 0 aliphatic carbocycles. The number of benzene rings is 2. The Morgan fingerprint density at radius 2 is 1.50 bits per heavy atom. The number of aliphatic hydroxyl groups is 1. The van der Waals surface area contributed by atoms with Crippen molar-refractivity contribution in [1.82, 2.24) is 0 Å². The number of ether oxygens (including phenoxy) is 1. The minimum atomic E-state index is -5.05. The molecule has 0 aromatic heterocycles. The summed E-state index contributed by atoms with van der Waals surface area (Å²) in [5.74, 6) is -0.652. The Morgan fingerprint density at radius 1 is 0.867 bits per heavy atom. The fraction of sp³-hybridized carbons (Fsp3) is 0.333. The highest BCUT2D eigenvalue weighted by molar-refractivity contribution is 5.50. The Labute approximate surface area is 164 Å². The van der Waals surface area contributed by atoms with Crippen molar-refractivity contribution >= 4 is 5.69 Å². The molecule has 166 valence electrons. The molecule has 2 aromatic carbocycles. The van der Waals surface area contributed by atoms with E-state index < -0.39 is 49.2 Å². The van der Waals surface area contributed by atoms with Crippen molar-refractivity contribution in [2.45, 2.75) is 31.4 Å². The van der Waals surface area contributed by atoms with Crippen LogP contribution in [0.5, 0.6) is 5.75 Å². The quantitative estimate of drug-likeness (QED) is 0.591. The van der Waals surface area contributed by atoms with Crippen LogP contribution in [0.1, 0.15) is 11.1 Å². The SMILES string of the molecule is OC(CN(Cc1cccc(OC(F)(F)F)c1)c1cccc(C(F)(F)F)c1)C(F)(F)F. The smallest absolute Gasteiger partial charge is 0.406 e. The first kappa shape index (κ1) is 23.6. The molecule has 0 spiro atoms. The third-order valence-corrected chi connectivity index (χ3v) is 3.82. The largest absolute Gasteiger partial charge is 0.573 e. The maximum absolute atomic E-state index is 12.9. The van der Waals surface area contributed by atoms with E-state index in [1.54, 1.807) is 0 Å². The molecular formula is C18H14F9NO2. The summed E-state index contributed by atoms with van der Waals surface area (Å²) in [6, 6.07) is 7.58. The lowest BCUT2D eigenvalue weighted by Crippen LogP contribution is -2.41. The van der Waals surface area contributed by atoms with Crippen LogP contribution in [0.2, 0.25) is 0 Å². The second-order valence-electron chi connectivity index (χ2n) is 6.18. The first-order valence-electron chi connectivity index (χ1n) is 8.17. The average molecular weight is 447 g/mol. The van der Waals surface area contributed by atoms with E-state index in [9.17, 15) is 44.6 Å². The zero-order chi connectivity index (χ0) is 22.7. The van der Waals surface area contributed by atoms with Crippen LogP contribution in [-0.4, -0.2) is 30.3 Å². The number of nitrogens with zero attached hydrogens (tertiary/aromatic N) is 1. The number of hydrogen-bond acceptors (Lipinski definition) is 3. The molecule has 12 heteroatoms. The zero-order valence-corrected chi connectivity index (χ0v) is 14.8. The maximum atomic E-state index is 12.9. The van der Waals surface area contributed by atoms with Crippen molar-refractivity contribution in [3.8, 4) is 5.75 Å². The van der Waals surface area contributed by atoms with Gasteiger partial charge in [0.25, 0.3) is 0 Å². The molecule has 30 heavy (non-hydrogen) atoms. The lowest BCUT2D eigenvalue weighted by Gasteiger charge is -2.29. The predicted molar refractivity (Wildman–Crippen MR) is 87.7 cm³/mol. The average Bonchev–Trinajstić information content (AvgIpc) is 2.58. The maximum Gasteiger partial charge on any atom is 0.573 e. The first-order chi connectivity index (χ1) is 13.6. The first-order valence-corrected chi connectivity index (χ1v) is 8.17. The molecule has 0 radical (unpaired) electrons. The number of halogens is 9. The van der Waals surface area contributed by atoms with Crippen molar-refractivity contribution in [2.24, 2.45) is 0 Å². The van der Waals surface area contributed by atoms with Crippen LogP contribution in [0.25, 0.3) is 0 Å². The highest BCUT2D eigenvalue weighted by atomic mass is 19.4. The molecule has 0 amide bonds. The highest BCUT2D eigenvalue weighted by Gasteiger charge is 2.39. The van der Waals surface area contributed by atoms with E-state index in [1.165, 1.54) is 6.07 Å². The van der Waals surface area contributed by atoms with Gasteiger partial charge < -0.3 is 14.7 Å². The summed E-state index contributed by atoms with van der Waals surface area (Å²) in [5, 5.41) is 9.37. The number of alkyl halides is 9. The lowest BCUT2D eigenvalue weighted by atomic mass is 10.1. The van der Waals surface area contributed by atoms with Crippen LogP contribution >= 0.6 is 0 Å². The summed E-state index contributed by atoms with van der Waals surface area (Å²) in [6.45, 7) is -1.67. The molecule has 0 heterocycles. The summed E-state index contributed by atoms with van der Waals surface area (Å²) >= 11 is 0. The van der Waals surface area contributed by atoms with Crippen molar-refractivity contribution < 1.29 is 49.4 Å². The van der Waals surface area contributed by atoms with E-state index in [0.717, 1.165) is 35.2 Å². The van der Waals surface area contributed by atoms with Crippen molar-refractivity contribution in [2.75, 3.05) is 11.4 Å². The van der Waals surface area contributed by atoms with Crippen LogP contribution in [0.4, 0.5) is 45.2 Å². The van der Waals surface area contributed by atoms with Gasteiger partial charge in [0, 0.05) is 12.2 Å². The fourth-order valence-corrected chi connectivity index (χ4v) is 2.51. The summed E-state index contributed by atoms with van der Waals surface area (Å²) in [6.07, 6.45) is -17.7. The second kappa shape index (κ2) is 8.62. The molecule has 1 unspecified atom stereocenters. The second-order valence-corrected chi connectivity index (χ2v) is 6.18. The molecular weight excluding hydrogens is 433 g/mol. The molecule has 0 aliphatic heterocycles. The number of hydrogen-bond donors (Lipinski definition) is 1. The zero-order valence-electron chi connectivity index (χ0n) is 14.8. The Morgan fingerprint density at radius 3 is 2.07 bits per heavy atom. The van der Waals surface area contributed by atoms with E-state index in [2.05, 4.69) is 4.74 Å². The molecule has 3 nitrogen and oxygen atoms in total. The number of anilines is 1. The van der Waals surface area contributed by atoms with Gasteiger partial charge in [-0.25, -0.2) is 0 Å². The van der Waals surface area contributed by atoms with Crippen LogP contribution in [0, 0.1) is 0 Å². The molecule has 0 fully saturated rings. The minimum Gasteiger partial charge on any atom is -0.406 e. The van der Waals surface area contributed by atoms with Gasteiger partial charge in [-0.15, -0.1) is 13.2 Å². The van der Waals surface area contributed by atoms with Gasteiger partial charge in [0.1, 0.15) is 5.75 Å². The fourth-order valence-electron chi connectivity index (χ4n) is 2.51. The van der Waals surface area contributed by atoms with Crippen LogP contribution in [0.15, 0.2) is 48.5 Å². The molecule has 0 saturated carbocycles. The molecule has 0 saturated heterocycles. The van der Waals surface area contributed by atoms with Gasteiger partial charge in [-0.2, -0.15) is 26.3 Å². The summed E-state index contributed by atoms with van der Waals surface area (Å²) in [5.41, 5.74) is -1.43. The van der Waals surface area contributed by atoms with Crippen molar-refractivity contribution in [3.63, 3.8) is 0 Å². The molecule has 1 atom stereocenters. The van der Waals surface area contributed by atoms with Gasteiger partial charge in [0.2, 0.25) is 0 Å². The topological polar surface area (TPSA) is 32.7 Å². The standard InChI is InChI=1S/C18H14F9NO2/c19-16(20,21)12-4-2-5-13(8-12)28(10-15(29)17(22,23)24)9-11-3-1-6-14(7-11)30-18(25,26)27/h1-8,15,29H,9-10H2. The highest BCUT2D eigenvalue weighted by Crippen LogP contribution is 2.33. The van der Waals surface area contributed by atoms with Gasteiger partial charge in [-0.3, -0.25) is 0 Å². The van der Waals surface area contributed by atoms with Gasteiger partial charge in [0.05, 0.1) is 12.1 Å².